The second-order valence-corrected chi connectivity index (χ2v) is 4.27. The van der Waals surface area contributed by atoms with Crippen LogP contribution in [0.25, 0.3) is 0 Å². The Morgan fingerprint density at radius 3 is 3.29 bits per heavy atom. The molecule has 0 bridgehead atoms. The van der Waals surface area contributed by atoms with E-state index in [1.54, 1.807) is 0 Å². The highest BCUT2D eigenvalue weighted by atomic mass is 32.1. The van der Waals surface area contributed by atoms with Crippen molar-refractivity contribution in [1.29, 1.82) is 0 Å². The van der Waals surface area contributed by atoms with Crippen molar-refractivity contribution in [3.05, 3.63) is 22.4 Å². The van der Waals surface area contributed by atoms with E-state index in [9.17, 15) is 4.79 Å². The lowest BCUT2D eigenvalue weighted by molar-refractivity contribution is 0.0533. The van der Waals surface area contributed by atoms with Crippen molar-refractivity contribution in [3.63, 3.8) is 0 Å². The molecule has 0 aromatic carbocycles. The van der Waals surface area contributed by atoms with E-state index in [2.05, 4.69) is 5.32 Å². The van der Waals surface area contributed by atoms with Gasteiger partial charge in [0, 0.05) is 6.54 Å². The van der Waals surface area contributed by atoms with Crippen LogP contribution >= 0.6 is 11.3 Å². The Morgan fingerprint density at radius 1 is 1.71 bits per heavy atom. The molecule has 4 heteroatoms. The summed E-state index contributed by atoms with van der Waals surface area (Å²) in [5.41, 5.74) is 0. The van der Waals surface area contributed by atoms with Gasteiger partial charge in [-0.1, -0.05) is 6.07 Å². The van der Waals surface area contributed by atoms with E-state index in [-0.39, 0.29) is 18.5 Å². The molecule has 0 radical (unpaired) electrons. The Labute approximate surface area is 87.1 Å². The second-order valence-electron chi connectivity index (χ2n) is 3.33. The molecule has 0 saturated carbocycles. The summed E-state index contributed by atoms with van der Waals surface area (Å²) in [5, 5.41) is 5.10. The third-order valence-corrected chi connectivity index (χ3v) is 3.17. The van der Waals surface area contributed by atoms with E-state index < -0.39 is 0 Å². The van der Waals surface area contributed by atoms with Gasteiger partial charge in [0.2, 0.25) is 0 Å². The maximum Gasteiger partial charge on any atom is 0.198 e. The van der Waals surface area contributed by atoms with Gasteiger partial charge in [0.15, 0.2) is 5.78 Å². The maximum absolute atomic E-state index is 11.5. The Balaban J connectivity index is 1.78. The second kappa shape index (κ2) is 4.68. The fourth-order valence-corrected chi connectivity index (χ4v) is 2.12. The van der Waals surface area contributed by atoms with Gasteiger partial charge in [-0.15, -0.1) is 11.3 Å². The monoisotopic (exact) mass is 211 g/mol. The first kappa shape index (κ1) is 9.83. The number of carbonyl (C=O) groups excluding carboxylic acids is 1. The molecule has 1 aliphatic heterocycles. The van der Waals surface area contributed by atoms with Crippen LogP contribution in [0.2, 0.25) is 0 Å². The van der Waals surface area contributed by atoms with Crippen LogP contribution in [0, 0.1) is 0 Å². The Bertz CT molecular complexity index is 291. The first-order valence-electron chi connectivity index (χ1n) is 4.75. The van der Waals surface area contributed by atoms with Crippen molar-refractivity contribution >= 4 is 17.1 Å². The lowest BCUT2D eigenvalue weighted by atomic mass is 10.3. The molecule has 0 amide bonds. The lowest BCUT2D eigenvalue weighted by Crippen LogP contribution is -2.20. The van der Waals surface area contributed by atoms with Crippen LogP contribution in [-0.4, -0.2) is 31.6 Å². The zero-order valence-corrected chi connectivity index (χ0v) is 8.68. The molecule has 76 valence electrons. The van der Waals surface area contributed by atoms with Gasteiger partial charge in [0.25, 0.3) is 0 Å². The van der Waals surface area contributed by atoms with Crippen molar-refractivity contribution in [2.45, 2.75) is 12.5 Å². The van der Waals surface area contributed by atoms with Gasteiger partial charge < -0.3 is 10.1 Å². The van der Waals surface area contributed by atoms with Crippen LogP contribution in [0.1, 0.15) is 16.1 Å². The number of Topliss-reactive ketones (excluding diaryl/α,β-unsaturated/α-hetero) is 1. The van der Waals surface area contributed by atoms with Crippen molar-refractivity contribution in [2.75, 3.05) is 19.7 Å². The van der Waals surface area contributed by atoms with Crippen LogP contribution < -0.4 is 5.32 Å². The van der Waals surface area contributed by atoms with Gasteiger partial charge >= 0.3 is 0 Å². The normalized spacial score (nSPS) is 21.3. The Morgan fingerprint density at radius 2 is 2.64 bits per heavy atom. The van der Waals surface area contributed by atoms with E-state index in [1.807, 2.05) is 17.5 Å². The molecular formula is C10H13NO2S. The number of rotatable bonds is 4. The van der Waals surface area contributed by atoms with E-state index in [0.29, 0.717) is 0 Å². The van der Waals surface area contributed by atoms with Crippen molar-refractivity contribution in [1.82, 2.24) is 5.32 Å². The van der Waals surface area contributed by atoms with Crippen LogP contribution in [0.5, 0.6) is 0 Å². The fourth-order valence-electron chi connectivity index (χ4n) is 1.47. The van der Waals surface area contributed by atoms with E-state index in [0.717, 1.165) is 24.4 Å². The summed E-state index contributed by atoms with van der Waals surface area (Å²) in [6.07, 6.45) is 1.23. The van der Waals surface area contributed by atoms with Gasteiger partial charge in [-0.25, -0.2) is 0 Å². The number of ketones is 1. The number of nitrogens with one attached hydrogen (secondary N) is 1. The molecule has 14 heavy (non-hydrogen) atoms. The van der Waals surface area contributed by atoms with Gasteiger partial charge in [0.1, 0.15) is 6.61 Å². The number of hydrogen-bond acceptors (Lipinski definition) is 4. The average molecular weight is 211 g/mol. The number of hydrogen-bond donors (Lipinski definition) is 1. The molecule has 1 N–H and O–H groups in total. The largest absolute Gasteiger partial charge is 0.369 e. The van der Waals surface area contributed by atoms with E-state index in [4.69, 9.17) is 4.74 Å². The minimum Gasteiger partial charge on any atom is -0.369 e. The molecule has 0 aliphatic carbocycles. The summed E-state index contributed by atoms with van der Waals surface area (Å²) < 4.78 is 5.48. The summed E-state index contributed by atoms with van der Waals surface area (Å²) >= 11 is 1.47. The molecule has 1 aliphatic rings. The van der Waals surface area contributed by atoms with Crippen LogP contribution in [0.4, 0.5) is 0 Å². The average Bonchev–Trinajstić information content (AvgIpc) is 2.87. The van der Waals surface area contributed by atoms with Crippen LogP contribution in [0.3, 0.4) is 0 Å². The minimum atomic E-state index is 0.0897. The Kier molecular flexibility index (Phi) is 3.29. The Hall–Kier alpha value is -0.710. The standard InChI is InChI=1S/C10H13NO2S/c12-9(10-2-1-5-14-10)7-13-8-3-4-11-6-8/h1-2,5,8,11H,3-4,6-7H2. The lowest BCUT2D eigenvalue weighted by Gasteiger charge is -2.08. The molecule has 1 aromatic rings. The highest BCUT2D eigenvalue weighted by Gasteiger charge is 2.16. The molecule has 1 fully saturated rings. The van der Waals surface area contributed by atoms with Crippen molar-refractivity contribution in [3.8, 4) is 0 Å². The highest BCUT2D eigenvalue weighted by Crippen LogP contribution is 2.10. The zero-order valence-electron chi connectivity index (χ0n) is 7.86. The summed E-state index contributed by atoms with van der Waals surface area (Å²) in [4.78, 5) is 12.3. The number of carbonyl (C=O) groups is 1. The first-order chi connectivity index (χ1) is 6.86. The minimum absolute atomic E-state index is 0.0897. The van der Waals surface area contributed by atoms with Crippen LogP contribution in [-0.2, 0) is 4.74 Å². The fraction of sp³-hybridized carbons (Fsp3) is 0.500. The summed E-state index contributed by atoms with van der Waals surface area (Å²) in [6, 6.07) is 3.72. The maximum atomic E-state index is 11.5. The van der Waals surface area contributed by atoms with Gasteiger partial charge in [-0.05, 0) is 24.4 Å². The third kappa shape index (κ3) is 2.41. The zero-order chi connectivity index (χ0) is 9.80. The van der Waals surface area contributed by atoms with E-state index in [1.165, 1.54) is 11.3 Å². The molecule has 1 atom stereocenters. The molecular weight excluding hydrogens is 198 g/mol. The SMILES string of the molecule is O=C(COC1CCNC1)c1cccs1. The molecule has 3 nitrogen and oxygen atoms in total. The van der Waals surface area contributed by atoms with Crippen molar-refractivity contribution < 1.29 is 9.53 Å². The summed E-state index contributed by atoms with van der Waals surface area (Å²) in [7, 11) is 0. The predicted octanol–water partition coefficient (Wildman–Crippen LogP) is 1.31. The van der Waals surface area contributed by atoms with Gasteiger partial charge in [0.05, 0.1) is 11.0 Å². The molecule has 1 saturated heterocycles. The van der Waals surface area contributed by atoms with Crippen molar-refractivity contribution in [2.24, 2.45) is 0 Å². The smallest absolute Gasteiger partial charge is 0.198 e. The molecule has 1 unspecified atom stereocenters. The first-order valence-corrected chi connectivity index (χ1v) is 5.63. The topological polar surface area (TPSA) is 38.3 Å². The number of thiophene rings is 1. The quantitative estimate of drug-likeness (QED) is 0.763. The summed E-state index contributed by atoms with van der Waals surface area (Å²) in [6.45, 7) is 2.09. The summed E-state index contributed by atoms with van der Waals surface area (Å²) in [5.74, 6) is 0.0897. The molecule has 2 heterocycles. The third-order valence-electron chi connectivity index (χ3n) is 2.26. The van der Waals surface area contributed by atoms with Crippen LogP contribution in [0.15, 0.2) is 17.5 Å². The molecule has 0 spiro atoms. The predicted molar refractivity (Wildman–Crippen MR) is 55.9 cm³/mol. The molecule has 1 aromatic heterocycles. The highest BCUT2D eigenvalue weighted by molar-refractivity contribution is 7.12. The van der Waals surface area contributed by atoms with Gasteiger partial charge in [-0.3, -0.25) is 4.79 Å². The van der Waals surface area contributed by atoms with Gasteiger partial charge in [-0.2, -0.15) is 0 Å². The van der Waals surface area contributed by atoms with E-state index >= 15 is 0 Å². The number of ether oxygens (including phenoxy) is 1. The molecule has 2 rings (SSSR count).